The molecule has 0 aliphatic carbocycles. The highest BCUT2D eigenvalue weighted by Crippen LogP contribution is 2.42. The summed E-state index contributed by atoms with van der Waals surface area (Å²) in [7, 11) is 0. The molecule has 126 valence electrons. The van der Waals surface area contributed by atoms with E-state index in [1.54, 1.807) is 11.8 Å². The molecule has 1 aliphatic rings. The minimum atomic E-state index is -0.414. The second-order valence-electron chi connectivity index (χ2n) is 6.87. The van der Waals surface area contributed by atoms with Crippen molar-refractivity contribution in [3.8, 4) is 0 Å². The van der Waals surface area contributed by atoms with Crippen LogP contribution in [0.25, 0.3) is 0 Å². The molecule has 3 rings (SSSR count). The molecule has 1 heterocycles. The van der Waals surface area contributed by atoms with Gasteiger partial charge in [0.05, 0.1) is 0 Å². The number of amides is 1. The number of benzene rings is 2. The van der Waals surface area contributed by atoms with E-state index < -0.39 is 6.09 Å². The number of carbonyl (C=O) groups is 1. The number of nitrogens with one attached hydrogen (secondary N) is 1. The summed E-state index contributed by atoms with van der Waals surface area (Å²) in [5, 5.41) is 3.50. The van der Waals surface area contributed by atoms with E-state index in [0.29, 0.717) is 11.4 Å². The van der Waals surface area contributed by atoms with Crippen molar-refractivity contribution in [3.63, 3.8) is 0 Å². The van der Waals surface area contributed by atoms with E-state index in [9.17, 15) is 4.79 Å². The van der Waals surface area contributed by atoms with E-state index in [1.807, 2.05) is 51.1 Å². The van der Waals surface area contributed by atoms with Gasteiger partial charge in [0, 0.05) is 32.3 Å². The zero-order chi connectivity index (χ0) is 17.3. The molecular weight excluding hydrogens is 342 g/mol. The third-order valence-corrected chi connectivity index (χ3v) is 5.09. The Bertz CT molecular complexity index is 770. The molecule has 1 aliphatic heterocycles. The Kier molecular flexibility index (Phi) is 4.79. The van der Waals surface area contributed by atoms with Gasteiger partial charge in [-0.2, -0.15) is 0 Å². The van der Waals surface area contributed by atoms with Gasteiger partial charge in [-0.3, -0.25) is 0 Å². The summed E-state index contributed by atoms with van der Waals surface area (Å²) in [4.78, 5) is 14.5. The lowest BCUT2D eigenvalue weighted by Crippen LogP contribution is -2.41. The molecule has 24 heavy (non-hydrogen) atoms. The Balaban J connectivity index is 1.95. The van der Waals surface area contributed by atoms with Crippen LogP contribution in [0.3, 0.4) is 0 Å². The second-order valence-corrected chi connectivity index (χ2v) is 8.39. The van der Waals surface area contributed by atoms with Gasteiger partial charge in [-0.1, -0.05) is 41.6 Å². The zero-order valence-corrected chi connectivity index (χ0v) is 15.5. The summed E-state index contributed by atoms with van der Waals surface area (Å²) in [5.41, 5.74) is 1.78. The molecule has 1 amide bonds. The number of fused-ring (bicyclic) bond motifs is 2. The van der Waals surface area contributed by atoms with Gasteiger partial charge >= 0.3 is 6.09 Å². The Morgan fingerprint density at radius 1 is 1.21 bits per heavy atom. The fraction of sp³-hybridized carbons (Fsp3) is 0.316. The lowest BCUT2D eigenvalue weighted by atomic mass is 10.0. The van der Waals surface area contributed by atoms with Gasteiger partial charge in [0.1, 0.15) is 6.10 Å². The Hall–Kier alpha value is -1.65. The Morgan fingerprint density at radius 3 is 2.71 bits per heavy atom. The molecule has 5 heteroatoms. The Labute approximate surface area is 151 Å². The number of alkyl carbamates (subject to hydrolysis) is 1. The first-order valence-corrected chi connectivity index (χ1v) is 9.05. The number of halogens is 1. The fourth-order valence-corrected chi connectivity index (χ4v) is 3.92. The van der Waals surface area contributed by atoms with E-state index in [-0.39, 0.29) is 11.6 Å². The van der Waals surface area contributed by atoms with Crippen molar-refractivity contribution >= 4 is 29.5 Å². The highest BCUT2D eigenvalue weighted by atomic mass is 35.5. The van der Waals surface area contributed by atoms with Crippen LogP contribution in [0.1, 0.15) is 38.0 Å². The van der Waals surface area contributed by atoms with Crippen LogP contribution in [0.5, 0.6) is 0 Å². The molecule has 1 N–H and O–H groups in total. The van der Waals surface area contributed by atoms with Crippen LogP contribution in [0.4, 0.5) is 4.79 Å². The average molecular weight is 362 g/mol. The first-order valence-electron chi connectivity index (χ1n) is 7.86. The van der Waals surface area contributed by atoms with Gasteiger partial charge in [-0.15, -0.1) is 0 Å². The molecule has 3 nitrogen and oxygen atoms in total. The van der Waals surface area contributed by atoms with E-state index in [0.717, 1.165) is 10.5 Å². The minimum absolute atomic E-state index is 0.342. The molecule has 0 aromatic heterocycles. The summed E-state index contributed by atoms with van der Waals surface area (Å²) >= 11 is 7.87. The molecule has 2 aromatic rings. The summed E-state index contributed by atoms with van der Waals surface area (Å²) in [6, 6.07) is 14.0. The monoisotopic (exact) mass is 361 g/mol. The summed E-state index contributed by atoms with van der Waals surface area (Å²) in [5.74, 6) is 0. The molecule has 0 fully saturated rings. The lowest BCUT2D eigenvalue weighted by Gasteiger charge is -2.24. The minimum Gasteiger partial charge on any atom is -0.441 e. The zero-order valence-electron chi connectivity index (χ0n) is 13.9. The summed E-state index contributed by atoms with van der Waals surface area (Å²) < 4.78 is 5.76. The molecule has 0 radical (unpaired) electrons. The van der Waals surface area contributed by atoms with Crippen molar-refractivity contribution < 1.29 is 9.53 Å². The SMILES string of the molecule is CC(C)(C)NC(=O)O[C@H]1Cc2ccccc2Sc2ccc(Cl)cc21. The molecular formula is C19H20ClNO2S. The molecule has 0 bridgehead atoms. The molecule has 2 aromatic carbocycles. The van der Waals surface area contributed by atoms with Crippen LogP contribution >= 0.6 is 23.4 Å². The molecule has 0 spiro atoms. The molecule has 0 unspecified atom stereocenters. The third kappa shape index (κ3) is 4.05. The van der Waals surface area contributed by atoms with E-state index in [2.05, 4.69) is 17.4 Å². The smallest absolute Gasteiger partial charge is 0.408 e. The van der Waals surface area contributed by atoms with Crippen molar-refractivity contribution in [1.29, 1.82) is 0 Å². The van der Waals surface area contributed by atoms with Crippen LogP contribution in [0.15, 0.2) is 52.3 Å². The lowest BCUT2D eigenvalue weighted by molar-refractivity contribution is 0.0897. The van der Waals surface area contributed by atoms with Crippen molar-refractivity contribution in [1.82, 2.24) is 5.32 Å². The second kappa shape index (κ2) is 6.69. The van der Waals surface area contributed by atoms with Crippen LogP contribution in [-0.4, -0.2) is 11.6 Å². The highest BCUT2D eigenvalue weighted by Gasteiger charge is 2.27. The molecule has 0 saturated carbocycles. The van der Waals surface area contributed by atoms with E-state index in [4.69, 9.17) is 16.3 Å². The van der Waals surface area contributed by atoms with Crippen molar-refractivity contribution in [3.05, 3.63) is 58.6 Å². The van der Waals surface area contributed by atoms with Gasteiger partial charge in [0.25, 0.3) is 0 Å². The third-order valence-electron chi connectivity index (χ3n) is 3.64. The van der Waals surface area contributed by atoms with Crippen LogP contribution in [-0.2, 0) is 11.2 Å². The number of rotatable bonds is 1. The maximum absolute atomic E-state index is 12.3. The maximum Gasteiger partial charge on any atom is 0.408 e. The van der Waals surface area contributed by atoms with Gasteiger partial charge < -0.3 is 10.1 Å². The number of hydrogen-bond acceptors (Lipinski definition) is 3. The standard InChI is InChI=1S/C19H20ClNO2S/c1-19(2,3)21-18(22)23-15-10-12-6-4-5-7-16(12)24-17-9-8-13(20)11-14(15)17/h4-9,11,15H,10H2,1-3H3,(H,21,22)/t15-/m0/s1. The highest BCUT2D eigenvalue weighted by molar-refractivity contribution is 7.99. The average Bonchev–Trinajstić information content (AvgIpc) is 2.62. The van der Waals surface area contributed by atoms with Crippen molar-refractivity contribution in [2.45, 2.75) is 48.6 Å². The van der Waals surface area contributed by atoms with Crippen LogP contribution in [0, 0.1) is 0 Å². The van der Waals surface area contributed by atoms with E-state index in [1.165, 1.54) is 10.5 Å². The predicted molar refractivity (Wildman–Crippen MR) is 97.8 cm³/mol. The van der Waals surface area contributed by atoms with Crippen molar-refractivity contribution in [2.75, 3.05) is 0 Å². The van der Waals surface area contributed by atoms with Crippen molar-refractivity contribution in [2.24, 2.45) is 0 Å². The number of hydrogen-bond donors (Lipinski definition) is 1. The largest absolute Gasteiger partial charge is 0.441 e. The topological polar surface area (TPSA) is 38.3 Å². The van der Waals surface area contributed by atoms with Crippen LogP contribution in [0.2, 0.25) is 5.02 Å². The van der Waals surface area contributed by atoms with Gasteiger partial charge in [0.15, 0.2) is 0 Å². The van der Waals surface area contributed by atoms with Gasteiger partial charge in [-0.05, 0) is 50.6 Å². The number of carbonyl (C=O) groups excluding carboxylic acids is 1. The first kappa shape index (κ1) is 17.2. The fourth-order valence-electron chi connectivity index (χ4n) is 2.63. The molecule has 0 saturated heterocycles. The summed E-state index contributed by atoms with van der Waals surface area (Å²) in [6.07, 6.45) is -0.145. The maximum atomic E-state index is 12.3. The van der Waals surface area contributed by atoms with Crippen LogP contribution < -0.4 is 5.32 Å². The van der Waals surface area contributed by atoms with Gasteiger partial charge in [-0.25, -0.2) is 4.79 Å². The molecule has 1 atom stereocenters. The van der Waals surface area contributed by atoms with E-state index >= 15 is 0 Å². The quantitative estimate of drug-likeness (QED) is 0.717. The van der Waals surface area contributed by atoms with Gasteiger partial charge in [0.2, 0.25) is 0 Å². The number of ether oxygens (including phenoxy) is 1. The normalized spacial score (nSPS) is 16.6. The predicted octanol–water partition coefficient (Wildman–Crippen LogP) is 5.61. The summed E-state index contributed by atoms with van der Waals surface area (Å²) in [6.45, 7) is 5.78. The Morgan fingerprint density at radius 2 is 1.96 bits per heavy atom. The first-order chi connectivity index (χ1) is 11.3.